The molecule has 3 heteroatoms. The van der Waals surface area contributed by atoms with Crippen LogP contribution in [0.15, 0.2) is 18.2 Å². The second-order valence-electron chi connectivity index (χ2n) is 3.57. The molecule has 0 aromatic heterocycles. The Hall–Kier alpha value is -1.77. The highest BCUT2D eigenvalue weighted by Gasteiger charge is 2.00. The van der Waals surface area contributed by atoms with Crippen LogP contribution in [0.4, 0.5) is 5.69 Å². The molecular weight excluding hydrogens is 190 g/mol. The molecule has 0 bridgehead atoms. The van der Waals surface area contributed by atoms with Crippen LogP contribution in [0.2, 0.25) is 0 Å². The number of nitrogens with two attached hydrogens (primary N) is 1. The number of hydrogen-bond acceptors (Lipinski definition) is 2. The first kappa shape index (κ1) is 11.3. The van der Waals surface area contributed by atoms with Gasteiger partial charge < -0.3 is 10.8 Å². The van der Waals surface area contributed by atoms with E-state index < -0.39 is 5.97 Å². The SMILES string of the molecule is Cc1cc(N)cc(C)c1C=CCC(=O)O. The fraction of sp³-hybridized carbons (Fsp3) is 0.250. The summed E-state index contributed by atoms with van der Waals surface area (Å²) in [7, 11) is 0. The van der Waals surface area contributed by atoms with Crippen LogP contribution in [-0.2, 0) is 4.79 Å². The van der Waals surface area contributed by atoms with E-state index in [1.165, 1.54) is 0 Å². The summed E-state index contributed by atoms with van der Waals surface area (Å²) >= 11 is 0. The highest BCUT2D eigenvalue weighted by molar-refractivity contribution is 5.71. The first-order chi connectivity index (χ1) is 7.00. The van der Waals surface area contributed by atoms with Gasteiger partial charge in [0.1, 0.15) is 0 Å². The Morgan fingerprint density at radius 3 is 2.40 bits per heavy atom. The van der Waals surface area contributed by atoms with Gasteiger partial charge in [-0.1, -0.05) is 12.2 Å². The average molecular weight is 205 g/mol. The summed E-state index contributed by atoms with van der Waals surface area (Å²) in [6.07, 6.45) is 3.52. The maximum absolute atomic E-state index is 10.3. The molecule has 0 amide bonds. The van der Waals surface area contributed by atoms with Gasteiger partial charge in [-0.05, 0) is 42.7 Å². The number of hydrogen-bond donors (Lipinski definition) is 2. The van der Waals surface area contributed by atoms with Crippen molar-refractivity contribution in [3.05, 3.63) is 34.9 Å². The van der Waals surface area contributed by atoms with Crippen molar-refractivity contribution >= 4 is 17.7 Å². The van der Waals surface area contributed by atoms with E-state index in [1.807, 2.05) is 32.1 Å². The summed E-state index contributed by atoms with van der Waals surface area (Å²) < 4.78 is 0. The Morgan fingerprint density at radius 1 is 1.40 bits per heavy atom. The lowest BCUT2D eigenvalue weighted by molar-refractivity contribution is -0.135. The molecule has 0 heterocycles. The molecule has 15 heavy (non-hydrogen) atoms. The third-order valence-electron chi connectivity index (χ3n) is 2.19. The van der Waals surface area contributed by atoms with E-state index in [2.05, 4.69) is 0 Å². The molecule has 0 aliphatic carbocycles. The maximum atomic E-state index is 10.3. The summed E-state index contributed by atoms with van der Waals surface area (Å²) in [5.41, 5.74) is 9.60. The minimum Gasteiger partial charge on any atom is -0.481 e. The van der Waals surface area contributed by atoms with Crippen molar-refractivity contribution in [2.75, 3.05) is 5.73 Å². The third-order valence-corrected chi connectivity index (χ3v) is 2.19. The quantitative estimate of drug-likeness (QED) is 0.744. The number of benzene rings is 1. The predicted octanol–water partition coefficient (Wildman–Crippen LogP) is 2.37. The molecule has 3 nitrogen and oxygen atoms in total. The lowest BCUT2D eigenvalue weighted by Crippen LogP contribution is -1.93. The molecule has 0 radical (unpaired) electrons. The van der Waals surface area contributed by atoms with Crippen LogP contribution < -0.4 is 5.73 Å². The van der Waals surface area contributed by atoms with E-state index in [-0.39, 0.29) is 6.42 Å². The molecular formula is C12H15NO2. The van der Waals surface area contributed by atoms with Gasteiger partial charge in [0.15, 0.2) is 0 Å². The first-order valence-electron chi connectivity index (χ1n) is 4.75. The number of rotatable bonds is 3. The van der Waals surface area contributed by atoms with Gasteiger partial charge in [-0.3, -0.25) is 4.79 Å². The number of aliphatic carboxylic acids is 1. The Kier molecular flexibility index (Phi) is 3.50. The van der Waals surface area contributed by atoms with Gasteiger partial charge in [0.05, 0.1) is 6.42 Å². The van der Waals surface area contributed by atoms with Crippen molar-refractivity contribution in [1.29, 1.82) is 0 Å². The van der Waals surface area contributed by atoms with Crippen LogP contribution in [0.1, 0.15) is 23.1 Å². The normalized spacial score (nSPS) is 10.8. The molecule has 0 atom stereocenters. The predicted molar refractivity (Wildman–Crippen MR) is 61.6 cm³/mol. The monoisotopic (exact) mass is 205 g/mol. The van der Waals surface area contributed by atoms with Crippen molar-refractivity contribution in [1.82, 2.24) is 0 Å². The molecule has 0 aliphatic rings. The molecule has 3 N–H and O–H groups in total. The van der Waals surface area contributed by atoms with Crippen LogP contribution in [-0.4, -0.2) is 11.1 Å². The lowest BCUT2D eigenvalue weighted by atomic mass is 10.0. The van der Waals surface area contributed by atoms with Crippen LogP contribution in [0.3, 0.4) is 0 Å². The Bertz CT molecular complexity index is 385. The molecule has 80 valence electrons. The van der Waals surface area contributed by atoms with Crippen molar-refractivity contribution < 1.29 is 9.90 Å². The summed E-state index contributed by atoms with van der Waals surface area (Å²) in [5, 5.41) is 8.50. The number of carboxylic acid groups (broad SMARTS) is 1. The van der Waals surface area contributed by atoms with E-state index >= 15 is 0 Å². The second kappa shape index (κ2) is 4.64. The summed E-state index contributed by atoms with van der Waals surface area (Å²) in [4.78, 5) is 10.3. The minimum atomic E-state index is -0.822. The Morgan fingerprint density at radius 2 is 1.93 bits per heavy atom. The standard InChI is InChI=1S/C12H15NO2/c1-8-6-10(13)7-9(2)11(8)4-3-5-12(14)15/h3-4,6-7H,5,13H2,1-2H3,(H,14,15). The number of anilines is 1. The van der Waals surface area contributed by atoms with Gasteiger partial charge in [-0.25, -0.2) is 0 Å². The molecule has 1 aromatic carbocycles. The summed E-state index contributed by atoms with van der Waals surface area (Å²) in [6.45, 7) is 3.92. The van der Waals surface area contributed by atoms with E-state index in [0.29, 0.717) is 0 Å². The van der Waals surface area contributed by atoms with E-state index in [1.54, 1.807) is 6.08 Å². The molecule has 0 spiro atoms. The molecule has 0 aliphatic heterocycles. The Labute approximate surface area is 89.2 Å². The van der Waals surface area contributed by atoms with Crippen LogP contribution >= 0.6 is 0 Å². The van der Waals surface area contributed by atoms with Crippen molar-refractivity contribution in [2.24, 2.45) is 0 Å². The van der Waals surface area contributed by atoms with Gasteiger partial charge in [0.2, 0.25) is 0 Å². The largest absolute Gasteiger partial charge is 0.481 e. The van der Waals surface area contributed by atoms with E-state index in [0.717, 1.165) is 22.4 Å². The summed E-state index contributed by atoms with van der Waals surface area (Å²) in [5.74, 6) is -0.822. The molecule has 0 saturated heterocycles. The van der Waals surface area contributed by atoms with Crippen molar-refractivity contribution in [3.8, 4) is 0 Å². The summed E-state index contributed by atoms with van der Waals surface area (Å²) in [6, 6.07) is 3.76. The fourth-order valence-electron chi connectivity index (χ4n) is 1.55. The van der Waals surface area contributed by atoms with Gasteiger partial charge in [-0.15, -0.1) is 0 Å². The molecule has 1 aromatic rings. The van der Waals surface area contributed by atoms with E-state index in [4.69, 9.17) is 10.8 Å². The van der Waals surface area contributed by atoms with Crippen LogP contribution in [0.25, 0.3) is 6.08 Å². The second-order valence-corrected chi connectivity index (χ2v) is 3.57. The first-order valence-corrected chi connectivity index (χ1v) is 4.75. The zero-order valence-electron chi connectivity index (χ0n) is 8.95. The zero-order chi connectivity index (χ0) is 11.4. The van der Waals surface area contributed by atoms with Crippen molar-refractivity contribution in [2.45, 2.75) is 20.3 Å². The van der Waals surface area contributed by atoms with Gasteiger partial charge in [0.25, 0.3) is 0 Å². The fourth-order valence-corrected chi connectivity index (χ4v) is 1.55. The van der Waals surface area contributed by atoms with Gasteiger partial charge in [0, 0.05) is 5.69 Å². The van der Waals surface area contributed by atoms with Gasteiger partial charge in [-0.2, -0.15) is 0 Å². The number of nitrogen functional groups attached to an aromatic ring is 1. The number of carboxylic acids is 1. The van der Waals surface area contributed by atoms with Crippen LogP contribution in [0, 0.1) is 13.8 Å². The smallest absolute Gasteiger partial charge is 0.307 e. The lowest BCUT2D eigenvalue weighted by Gasteiger charge is -2.06. The highest BCUT2D eigenvalue weighted by atomic mass is 16.4. The molecule has 0 unspecified atom stereocenters. The third kappa shape index (κ3) is 3.13. The molecule has 1 rings (SSSR count). The highest BCUT2D eigenvalue weighted by Crippen LogP contribution is 2.19. The molecule has 0 saturated carbocycles. The molecule has 0 fully saturated rings. The Balaban J connectivity index is 2.94. The topological polar surface area (TPSA) is 63.3 Å². The van der Waals surface area contributed by atoms with Crippen LogP contribution in [0.5, 0.6) is 0 Å². The average Bonchev–Trinajstić information content (AvgIpc) is 2.08. The van der Waals surface area contributed by atoms with Crippen molar-refractivity contribution in [3.63, 3.8) is 0 Å². The number of carbonyl (C=O) groups is 1. The number of aryl methyl sites for hydroxylation is 2. The van der Waals surface area contributed by atoms with E-state index in [9.17, 15) is 4.79 Å². The zero-order valence-corrected chi connectivity index (χ0v) is 8.95. The van der Waals surface area contributed by atoms with Gasteiger partial charge >= 0.3 is 5.97 Å². The maximum Gasteiger partial charge on any atom is 0.307 e. The minimum absolute atomic E-state index is 0.0449.